The van der Waals surface area contributed by atoms with Crippen LogP contribution in [0.2, 0.25) is 5.02 Å². The summed E-state index contributed by atoms with van der Waals surface area (Å²) in [4.78, 5) is 12.6. The Morgan fingerprint density at radius 3 is 2.65 bits per heavy atom. The Kier molecular flexibility index (Phi) is 5.58. The lowest BCUT2D eigenvalue weighted by molar-refractivity contribution is 0.0946. The van der Waals surface area contributed by atoms with Crippen LogP contribution in [0.4, 0.5) is 0 Å². The maximum absolute atomic E-state index is 12.6. The van der Waals surface area contributed by atoms with Crippen molar-refractivity contribution in [3.05, 3.63) is 81.7 Å². The number of amides is 1. The van der Waals surface area contributed by atoms with Crippen molar-refractivity contribution in [1.29, 1.82) is 0 Å². The summed E-state index contributed by atoms with van der Waals surface area (Å²) >= 11 is 6.07. The summed E-state index contributed by atoms with van der Waals surface area (Å²) in [5.74, 6) is 0.914. The molecule has 0 unspecified atom stereocenters. The molecular formula is C20H19ClN2O3. The van der Waals surface area contributed by atoms with Crippen molar-refractivity contribution < 1.29 is 14.1 Å². The molecule has 26 heavy (non-hydrogen) atoms. The van der Waals surface area contributed by atoms with E-state index in [0.717, 1.165) is 16.8 Å². The van der Waals surface area contributed by atoms with Gasteiger partial charge < -0.3 is 14.6 Å². The molecule has 0 fully saturated rings. The maximum Gasteiger partial charge on any atom is 0.255 e. The maximum atomic E-state index is 12.6. The largest absolute Gasteiger partial charge is 0.488 e. The quantitative estimate of drug-likeness (QED) is 0.696. The highest BCUT2D eigenvalue weighted by Gasteiger charge is 2.16. The second kappa shape index (κ2) is 8.06. The topological polar surface area (TPSA) is 64.4 Å². The van der Waals surface area contributed by atoms with Crippen LogP contribution in [0.15, 0.2) is 53.1 Å². The highest BCUT2D eigenvalue weighted by atomic mass is 35.5. The van der Waals surface area contributed by atoms with Crippen LogP contribution in [0.3, 0.4) is 0 Å². The zero-order valence-electron chi connectivity index (χ0n) is 14.6. The Labute approximate surface area is 156 Å². The van der Waals surface area contributed by atoms with Crippen molar-refractivity contribution in [2.45, 2.75) is 27.0 Å². The van der Waals surface area contributed by atoms with E-state index in [1.54, 1.807) is 18.2 Å². The molecule has 0 saturated heterocycles. The Bertz CT molecular complexity index is 887. The minimum absolute atomic E-state index is 0.245. The Balaban J connectivity index is 1.74. The van der Waals surface area contributed by atoms with Gasteiger partial charge in [0.2, 0.25) is 0 Å². The Hall–Kier alpha value is -2.79. The standard InChI is InChI=1S/C20H19ClN2O3/c1-13-18(14(2)26-23-13)12-25-19-9-8-16(21)10-17(19)20(24)22-11-15-6-4-3-5-7-15/h3-10H,11-12H2,1-2H3,(H,22,24). The number of nitrogens with zero attached hydrogens (tertiary/aromatic N) is 1. The first-order valence-electron chi connectivity index (χ1n) is 8.21. The first-order chi connectivity index (χ1) is 12.5. The van der Waals surface area contributed by atoms with E-state index in [2.05, 4.69) is 10.5 Å². The van der Waals surface area contributed by atoms with Crippen molar-refractivity contribution >= 4 is 17.5 Å². The van der Waals surface area contributed by atoms with Crippen LogP contribution in [-0.2, 0) is 13.2 Å². The predicted octanol–water partition coefficient (Wildman–Crippen LogP) is 4.45. The molecule has 0 saturated carbocycles. The number of benzene rings is 2. The van der Waals surface area contributed by atoms with Crippen molar-refractivity contribution in [2.24, 2.45) is 0 Å². The summed E-state index contributed by atoms with van der Waals surface area (Å²) in [6.45, 7) is 4.37. The summed E-state index contributed by atoms with van der Waals surface area (Å²) in [7, 11) is 0. The van der Waals surface area contributed by atoms with E-state index in [-0.39, 0.29) is 12.5 Å². The number of nitrogens with one attached hydrogen (secondary N) is 1. The van der Waals surface area contributed by atoms with E-state index in [0.29, 0.717) is 28.6 Å². The Morgan fingerprint density at radius 1 is 1.19 bits per heavy atom. The normalized spacial score (nSPS) is 10.6. The first kappa shape index (κ1) is 18.0. The summed E-state index contributed by atoms with van der Waals surface area (Å²) in [5.41, 5.74) is 3.04. The van der Waals surface area contributed by atoms with Gasteiger partial charge in [-0.3, -0.25) is 4.79 Å². The predicted molar refractivity (Wildman–Crippen MR) is 99.4 cm³/mol. The fourth-order valence-corrected chi connectivity index (χ4v) is 2.71. The number of carbonyl (C=O) groups is 1. The smallest absolute Gasteiger partial charge is 0.255 e. The van der Waals surface area contributed by atoms with Crippen LogP contribution in [0, 0.1) is 13.8 Å². The zero-order chi connectivity index (χ0) is 18.5. The van der Waals surface area contributed by atoms with Gasteiger partial charge in [-0.15, -0.1) is 0 Å². The third kappa shape index (κ3) is 4.24. The van der Waals surface area contributed by atoms with Crippen molar-refractivity contribution in [2.75, 3.05) is 0 Å². The number of aromatic nitrogens is 1. The van der Waals surface area contributed by atoms with Gasteiger partial charge in [0.15, 0.2) is 0 Å². The van der Waals surface area contributed by atoms with Crippen molar-refractivity contribution in [3.8, 4) is 5.75 Å². The third-order valence-corrected chi connectivity index (χ3v) is 4.27. The van der Waals surface area contributed by atoms with Gasteiger partial charge >= 0.3 is 0 Å². The van der Waals surface area contributed by atoms with Gasteiger partial charge in [0, 0.05) is 11.6 Å². The fraction of sp³-hybridized carbons (Fsp3) is 0.200. The molecular weight excluding hydrogens is 352 g/mol. The molecule has 3 aromatic rings. The number of carbonyl (C=O) groups excluding carboxylic acids is 1. The summed E-state index contributed by atoms with van der Waals surface area (Å²) in [6, 6.07) is 14.7. The molecule has 0 atom stereocenters. The van der Waals surface area contributed by atoms with Crippen LogP contribution in [0.25, 0.3) is 0 Å². The average molecular weight is 371 g/mol. The van der Waals surface area contributed by atoms with Crippen LogP contribution in [0.5, 0.6) is 5.75 Å². The number of hydrogen-bond donors (Lipinski definition) is 1. The van der Waals surface area contributed by atoms with Gasteiger partial charge in [0.25, 0.3) is 5.91 Å². The van der Waals surface area contributed by atoms with E-state index in [1.165, 1.54) is 0 Å². The summed E-state index contributed by atoms with van der Waals surface area (Å²) < 4.78 is 11.0. The van der Waals surface area contributed by atoms with E-state index in [1.807, 2.05) is 44.2 Å². The molecule has 134 valence electrons. The van der Waals surface area contributed by atoms with Gasteiger partial charge in [-0.2, -0.15) is 0 Å². The lowest BCUT2D eigenvalue weighted by atomic mass is 10.1. The number of ether oxygens (including phenoxy) is 1. The van der Waals surface area contributed by atoms with Gasteiger partial charge in [-0.1, -0.05) is 47.1 Å². The van der Waals surface area contributed by atoms with E-state index in [9.17, 15) is 4.79 Å². The molecule has 6 heteroatoms. The van der Waals surface area contributed by atoms with Gasteiger partial charge in [-0.25, -0.2) is 0 Å². The Morgan fingerprint density at radius 2 is 1.96 bits per heavy atom. The van der Waals surface area contributed by atoms with E-state index in [4.69, 9.17) is 20.9 Å². The van der Waals surface area contributed by atoms with Gasteiger partial charge in [-0.05, 0) is 37.6 Å². The molecule has 5 nitrogen and oxygen atoms in total. The minimum atomic E-state index is -0.245. The summed E-state index contributed by atoms with van der Waals surface area (Å²) in [5, 5.41) is 7.27. The fourth-order valence-electron chi connectivity index (χ4n) is 2.54. The molecule has 0 aliphatic rings. The van der Waals surface area contributed by atoms with Gasteiger partial charge in [0.1, 0.15) is 18.1 Å². The molecule has 1 aromatic heterocycles. The molecule has 1 N–H and O–H groups in total. The zero-order valence-corrected chi connectivity index (χ0v) is 15.3. The van der Waals surface area contributed by atoms with Crippen molar-refractivity contribution in [1.82, 2.24) is 10.5 Å². The number of rotatable bonds is 6. The SMILES string of the molecule is Cc1noc(C)c1COc1ccc(Cl)cc1C(=O)NCc1ccccc1. The lowest BCUT2D eigenvalue weighted by Gasteiger charge is -2.12. The second-order valence-electron chi connectivity index (χ2n) is 5.90. The molecule has 2 aromatic carbocycles. The monoisotopic (exact) mass is 370 g/mol. The summed E-state index contributed by atoms with van der Waals surface area (Å²) in [6.07, 6.45) is 0. The lowest BCUT2D eigenvalue weighted by Crippen LogP contribution is -2.23. The van der Waals surface area contributed by atoms with Crippen LogP contribution < -0.4 is 10.1 Å². The highest BCUT2D eigenvalue weighted by molar-refractivity contribution is 6.31. The van der Waals surface area contributed by atoms with Crippen LogP contribution in [-0.4, -0.2) is 11.1 Å². The number of hydrogen-bond acceptors (Lipinski definition) is 4. The molecule has 0 aliphatic carbocycles. The molecule has 0 radical (unpaired) electrons. The first-order valence-corrected chi connectivity index (χ1v) is 8.58. The molecule has 0 bridgehead atoms. The molecule has 0 spiro atoms. The van der Waals surface area contributed by atoms with Crippen LogP contribution >= 0.6 is 11.6 Å². The van der Waals surface area contributed by atoms with Crippen LogP contribution in [0.1, 0.15) is 32.9 Å². The third-order valence-electron chi connectivity index (χ3n) is 4.04. The molecule has 3 rings (SSSR count). The number of aryl methyl sites for hydroxylation is 2. The van der Waals surface area contributed by atoms with Gasteiger partial charge in [0.05, 0.1) is 16.8 Å². The molecule has 1 amide bonds. The van der Waals surface area contributed by atoms with E-state index >= 15 is 0 Å². The molecule has 1 heterocycles. The minimum Gasteiger partial charge on any atom is -0.488 e. The number of halogens is 1. The average Bonchev–Trinajstić information content (AvgIpc) is 2.97. The second-order valence-corrected chi connectivity index (χ2v) is 6.34. The van der Waals surface area contributed by atoms with E-state index < -0.39 is 0 Å². The highest BCUT2D eigenvalue weighted by Crippen LogP contribution is 2.25. The van der Waals surface area contributed by atoms with Crippen molar-refractivity contribution in [3.63, 3.8) is 0 Å². The molecule has 0 aliphatic heterocycles.